The van der Waals surface area contributed by atoms with Crippen molar-refractivity contribution in [2.75, 3.05) is 19.0 Å². The summed E-state index contributed by atoms with van der Waals surface area (Å²) >= 11 is 6.04. The van der Waals surface area contributed by atoms with E-state index >= 15 is 0 Å². The van der Waals surface area contributed by atoms with Crippen LogP contribution in [0.15, 0.2) is 60.8 Å². The highest BCUT2D eigenvalue weighted by molar-refractivity contribution is 6.36. The molecule has 0 fully saturated rings. The highest BCUT2D eigenvalue weighted by atomic mass is 35.5. The number of halogens is 2. The summed E-state index contributed by atoms with van der Waals surface area (Å²) in [5.74, 6) is -0.992. The van der Waals surface area contributed by atoms with Gasteiger partial charge in [-0.1, -0.05) is 29.8 Å². The molecule has 0 spiro atoms. The van der Waals surface area contributed by atoms with Crippen LogP contribution in [0.2, 0.25) is 5.02 Å². The monoisotopic (exact) mass is 386 g/mol. The van der Waals surface area contributed by atoms with Gasteiger partial charge in [0.2, 0.25) is 0 Å². The second kappa shape index (κ2) is 7.63. The van der Waals surface area contributed by atoms with E-state index in [1.54, 1.807) is 18.2 Å². The van der Waals surface area contributed by atoms with Crippen LogP contribution in [0.25, 0.3) is 5.57 Å². The number of anilines is 1. The fraction of sp³-hybridized carbons (Fsp3) is 0.100. The Kier molecular flexibility index (Phi) is 5.28. The number of ether oxygens (including phenoxy) is 1. The van der Waals surface area contributed by atoms with Gasteiger partial charge in [-0.25, -0.2) is 4.39 Å². The molecule has 1 aliphatic rings. The Bertz CT molecular complexity index is 954. The first-order chi connectivity index (χ1) is 13.0. The van der Waals surface area contributed by atoms with Gasteiger partial charge in [0.05, 0.1) is 18.4 Å². The summed E-state index contributed by atoms with van der Waals surface area (Å²) in [6.07, 6.45) is 1.46. The summed E-state index contributed by atoms with van der Waals surface area (Å²) in [7, 11) is 1.48. The second-order valence-corrected chi connectivity index (χ2v) is 6.17. The standard InChI is InChI=1S/C20H16ClFN2O3/c1-3-10-24-19(25)17(12-4-7-14(22)8-5-12)18(20(24)26)23-15-11-13(21)6-9-16(15)27-2/h3-9,11,23H,1,10H2,2H3. The third-order valence-electron chi connectivity index (χ3n) is 4.03. The van der Waals surface area contributed by atoms with Crippen LogP contribution in [0, 0.1) is 5.82 Å². The Labute approximate surface area is 160 Å². The average Bonchev–Trinajstić information content (AvgIpc) is 2.88. The molecule has 2 aromatic carbocycles. The van der Waals surface area contributed by atoms with Crippen molar-refractivity contribution in [3.05, 3.63) is 77.2 Å². The van der Waals surface area contributed by atoms with E-state index in [1.165, 1.54) is 37.5 Å². The molecule has 0 aliphatic carbocycles. The summed E-state index contributed by atoms with van der Waals surface area (Å²) in [5.41, 5.74) is 1.06. The number of imide groups is 1. The smallest absolute Gasteiger partial charge is 0.278 e. The third kappa shape index (κ3) is 3.57. The predicted octanol–water partition coefficient (Wildman–Crippen LogP) is 3.87. The number of methoxy groups -OCH3 is 1. The molecule has 0 unspecified atom stereocenters. The van der Waals surface area contributed by atoms with Gasteiger partial charge in [0, 0.05) is 11.6 Å². The van der Waals surface area contributed by atoms with Crippen LogP contribution in [0.3, 0.4) is 0 Å². The fourth-order valence-corrected chi connectivity index (χ4v) is 2.96. The molecular weight excluding hydrogens is 371 g/mol. The lowest BCUT2D eigenvalue weighted by molar-refractivity contribution is -0.136. The van der Waals surface area contributed by atoms with Gasteiger partial charge in [-0.2, -0.15) is 0 Å². The highest BCUT2D eigenvalue weighted by Crippen LogP contribution is 2.34. The van der Waals surface area contributed by atoms with Crippen LogP contribution in [0.1, 0.15) is 5.56 Å². The first-order valence-corrected chi connectivity index (χ1v) is 8.42. The number of hydrogen-bond acceptors (Lipinski definition) is 4. The summed E-state index contributed by atoms with van der Waals surface area (Å²) < 4.78 is 18.6. The molecule has 1 heterocycles. The Morgan fingerprint density at radius 3 is 2.52 bits per heavy atom. The first kappa shape index (κ1) is 18.7. The Hall–Kier alpha value is -3.12. The molecule has 1 N–H and O–H groups in total. The zero-order valence-electron chi connectivity index (χ0n) is 14.5. The quantitative estimate of drug-likeness (QED) is 0.605. The van der Waals surface area contributed by atoms with E-state index in [9.17, 15) is 14.0 Å². The molecule has 0 aromatic heterocycles. The van der Waals surface area contributed by atoms with Crippen molar-refractivity contribution in [2.24, 2.45) is 0 Å². The third-order valence-corrected chi connectivity index (χ3v) is 4.27. The summed E-state index contributed by atoms with van der Waals surface area (Å²) in [6.45, 7) is 3.63. The van der Waals surface area contributed by atoms with E-state index in [4.69, 9.17) is 16.3 Å². The lowest BCUT2D eigenvalue weighted by atomic mass is 10.0. The molecule has 27 heavy (non-hydrogen) atoms. The molecule has 2 amide bonds. The van der Waals surface area contributed by atoms with Crippen molar-refractivity contribution in [1.82, 2.24) is 4.90 Å². The van der Waals surface area contributed by atoms with Crippen LogP contribution >= 0.6 is 11.6 Å². The maximum absolute atomic E-state index is 13.3. The number of carbonyl (C=O) groups excluding carboxylic acids is 2. The number of nitrogens with one attached hydrogen (secondary N) is 1. The van der Waals surface area contributed by atoms with Crippen molar-refractivity contribution < 1.29 is 18.7 Å². The maximum atomic E-state index is 13.3. The van der Waals surface area contributed by atoms with Crippen molar-refractivity contribution in [3.63, 3.8) is 0 Å². The number of hydrogen-bond donors (Lipinski definition) is 1. The minimum atomic E-state index is -0.513. The lowest BCUT2D eigenvalue weighted by Crippen LogP contribution is -2.32. The average molecular weight is 387 g/mol. The minimum absolute atomic E-state index is 0.0558. The highest BCUT2D eigenvalue weighted by Gasteiger charge is 2.38. The first-order valence-electron chi connectivity index (χ1n) is 8.04. The molecule has 138 valence electrons. The van der Waals surface area contributed by atoms with E-state index in [-0.39, 0.29) is 17.8 Å². The van der Waals surface area contributed by atoms with Gasteiger partial charge in [0.15, 0.2) is 0 Å². The molecule has 0 saturated heterocycles. The fourth-order valence-electron chi connectivity index (χ4n) is 2.78. The van der Waals surface area contributed by atoms with E-state index in [0.717, 1.165) is 4.90 Å². The Balaban J connectivity index is 2.12. The summed E-state index contributed by atoms with van der Waals surface area (Å²) in [4.78, 5) is 26.7. The van der Waals surface area contributed by atoms with Crippen molar-refractivity contribution in [1.29, 1.82) is 0 Å². The van der Waals surface area contributed by atoms with Crippen LogP contribution < -0.4 is 10.1 Å². The number of carbonyl (C=O) groups is 2. The molecule has 0 atom stereocenters. The van der Waals surface area contributed by atoms with E-state index in [2.05, 4.69) is 11.9 Å². The lowest BCUT2D eigenvalue weighted by Gasteiger charge is -2.14. The predicted molar refractivity (Wildman–Crippen MR) is 102 cm³/mol. The second-order valence-electron chi connectivity index (χ2n) is 5.74. The molecule has 3 rings (SSSR count). The number of rotatable bonds is 6. The molecule has 0 bridgehead atoms. The largest absolute Gasteiger partial charge is 0.495 e. The van der Waals surface area contributed by atoms with Gasteiger partial charge in [0.1, 0.15) is 17.3 Å². The van der Waals surface area contributed by atoms with Crippen LogP contribution in [0.5, 0.6) is 5.75 Å². The van der Waals surface area contributed by atoms with Gasteiger partial charge in [-0.05, 0) is 35.9 Å². The van der Waals surface area contributed by atoms with E-state index in [0.29, 0.717) is 22.0 Å². The maximum Gasteiger partial charge on any atom is 0.278 e. The Morgan fingerprint density at radius 2 is 1.89 bits per heavy atom. The molecule has 7 heteroatoms. The topological polar surface area (TPSA) is 58.6 Å². The van der Waals surface area contributed by atoms with E-state index < -0.39 is 17.6 Å². The Morgan fingerprint density at radius 1 is 1.19 bits per heavy atom. The SMILES string of the molecule is C=CCN1C(=O)C(Nc2cc(Cl)ccc2OC)=C(c2ccc(F)cc2)C1=O. The molecular formula is C20H16ClFN2O3. The van der Waals surface area contributed by atoms with Gasteiger partial charge in [-0.3, -0.25) is 14.5 Å². The van der Waals surface area contributed by atoms with Crippen molar-refractivity contribution in [2.45, 2.75) is 0 Å². The molecule has 0 radical (unpaired) electrons. The molecule has 2 aromatic rings. The molecule has 0 saturated carbocycles. The zero-order valence-corrected chi connectivity index (χ0v) is 15.2. The number of nitrogens with zero attached hydrogens (tertiary/aromatic N) is 1. The zero-order chi connectivity index (χ0) is 19.6. The van der Waals surface area contributed by atoms with Crippen LogP contribution in [-0.4, -0.2) is 30.4 Å². The summed E-state index contributed by atoms with van der Waals surface area (Å²) in [6, 6.07) is 10.2. The van der Waals surface area contributed by atoms with Gasteiger partial charge in [-0.15, -0.1) is 6.58 Å². The number of benzene rings is 2. The minimum Gasteiger partial charge on any atom is -0.495 e. The van der Waals surface area contributed by atoms with Gasteiger partial charge in [0.25, 0.3) is 11.8 Å². The normalized spacial score (nSPS) is 14.0. The van der Waals surface area contributed by atoms with E-state index in [1.807, 2.05) is 0 Å². The van der Waals surface area contributed by atoms with Crippen LogP contribution in [-0.2, 0) is 9.59 Å². The molecule has 5 nitrogen and oxygen atoms in total. The number of amides is 2. The summed E-state index contributed by atoms with van der Waals surface area (Å²) in [5, 5.41) is 3.40. The van der Waals surface area contributed by atoms with Crippen molar-refractivity contribution in [3.8, 4) is 5.75 Å². The van der Waals surface area contributed by atoms with Crippen LogP contribution in [0.4, 0.5) is 10.1 Å². The van der Waals surface area contributed by atoms with Crippen molar-refractivity contribution >= 4 is 34.7 Å². The molecule has 1 aliphatic heterocycles. The van der Waals surface area contributed by atoms with Gasteiger partial charge >= 0.3 is 0 Å². The van der Waals surface area contributed by atoms with Gasteiger partial charge < -0.3 is 10.1 Å².